The van der Waals surface area contributed by atoms with Crippen molar-refractivity contribution in [3.63, 3.8) is 0 Å². The molecule has 0 spiro atoms. The summed E-state index contributed by atoms with van der Waals surface area (Å²) in [7, 11) is 0. The second-order valence-electron chi connectivity index (χ2n) is 5.63. The van der Waals surface area contributed by atoms with Gasteiger partial charge in [-0.1, -0.05) is 57.0 Å². The van der Waals surface area contributed by atoms with E-state index in [1.807, 2.05) is 30.3 Å². The van der Waals surface area contributed by atoms with Gasteiger partial charge in [-0.15, -0.1) is 0 Å². The van der Waals surface area contributed by atoms with Crippen LogP contribution in [0.5, 0.6) is 0 Å². The van der Waals surface area contributed by atoms with Crippen LogP contribution in [0.2, 0.25) is 0 Å². The first-order valence-electron chi connectivity index (χ1n) is 7.71. The Bertz CT molecular complexity index is 392. The fourth-order valence-corrected chi connectivity index (χ4v) is 2.14. The minimum atomic E-state index is -0.361. The van der Waals surface area contributed by atoms with Gasteiger partial charge in [-0.25, -0.2) is 4.79 Å². The lowest BCUT2D eigenvalue weighted by Crippen LogP contribution is -2.38. The molecule has 0 saturated heterocycles. The molecule has 1 aromatic carbocycles. The molecule has 0 radical (unpaired) electrons. The molecule has 21 heavy (non-hydrogen) atoms. The van der Waals surface area contributed by atoms with Crippen molar-refractivity contribution < 1.29 is 14.6 Å². The molecule has 4 nitrogen and oxygen atoms in total. The monoisotopic (exact) mass is 293 g/mol. The lowest BCUT2D eigenvalue weighted by atomic mass is 9.98. The van der Waals surface area contributed by atoms with Crippen molar-refractivity contribution in [2.24, 2.45) is 5.92 Å². The van der Waals surface area contributed by atoms with Crippen molar-refractivity contribution in [2.75, 3.05) is 6.61 Å². The van der Waals surface area contributed by atoms with E-state index in [1.165, 1.54) is 0 Å². The first kappa shape index (κ1) is 17.5. The molecule has 1 aromatic rings. The molecule has 0 bridgehead atoms. The molecule has 2 N–H and O–H groups in total. The van der Waals surface area contributed by atoms with Gasteiger partial charge in [0.1, 0.15) is 6.61 Å². The number of ether oxygens (including phenoxy) is 1. The molecular formula is C17H27NO3. The third kappa shape index (κ3) is 7.71. The fourth-order valence-electron chi connectivity index (χ4n) is 2.14. The van der Waals surface area contributed by atoms with Crippen LogP contribution in [-0.2, 0) is 11.3 Å². The summed E-state index contributed by atoms with van der Waals surface area (Å²) in [5.74, 6) is 0.364. The number of rotatable bonds is 9. The summed E-state index contributed by atoms with van der Waals surface area (Å²) in [6.07, 6.45) is 3.37. The van der Waals surface area contributed by atoms with Crippen LogP contribution >= 0.6 is 0 Å². The Balaban J connectivity index is 2.31. The maximum absolute atomic E-state index is 11.8. The van der Waals surface area contributed by atoms with Gasteiger partial charge in [0, 0.05) is 12.6 Å². The largest absolute Gasteiger partial charge is 0.445 e. The number of carbonyl (C=O) groups excluding carboxylic acids is 1. The first-order valence-corrected chi connectivity index (χ1v) is 7.71. The number of unbranched alkanes of at least 4 members (excludes halogenated alkanes) is 2. The number of amides is 1. The summed E-state index contributed by atoms with van der Waals surface area (Å²) in [4.78, 5) is 11.8. The molecular weight excluding hydrogens is 266 g/mol. The predicted molar refractivity (Wildman–Crippen MR) is 83.9 cm³/mol. The molecule has 0 saturated carbocycles. The van der Waals surface area contributed by atoms with E-state index in [4.69, 9.17) is 9.84 Å². The van der Waals surface area contributed by atoms with E-state index >= 15 is 0 Å². The van der Waals surface area contributed by atoms with Crippen LogP contribution < -0.4 is 5.32 Å². The zero-order chi connectivity index (χ0) is 15.5. The highest BCUT2D eigenvalue weighted by molar-refractivity contribution is 5.67. The van der Waals surface area contributed by atoms with Crippen molar-refractivity contribution in [3.05, 3.63) is 35.9 Å². The number of hydrogen-bond acceptors (Lipinski definition) is 3. The van der Waals surface area contributed by atoms with Crippen LogP contribution in [0.25, 0.3) is 0 Å². The average Bonchev–Trinajstić information content (AvgIpc) is 2.49. The van der Waals surface area contributed by atoms with Gasteiger partial charge in [0.25, 0.3) is 0 Å². The van der Waals surface area contributed by atoms with Gasteiger partial charge in [-0.05, 0) is 24.3 Å². The number of carbonyl (C=O) groups is 1. The number of hydrogen-bond donors (Lipinski definition) is 2. The Morgan fingerprint density at radius 1 is 1.19 bits per heavy atom. The van der Waals surface area contributed by atoms with Crippen LogP contribution in [0, 0.1) is 5.92 Å². The number of alkyl carbamates (subject to hydrolysis) is 1. The third-order valence-electron chi connectivity index (χ3n) is 3.49. The Morgan fingerprint density at radius 2 is 1.90 bits per heavy atom. The van der Waals surface area contributed by atoms with Gasteiger partial charge in [0.15, 0.2) is 0 Å². The second kappa shape index (κ2) is 10.2. The van der Waals surface area contributed by atoms with Gasteiger partial charge in [-0.2, -0.15) is 0 Å². The normalized spacial score (nSPS) is 12.2. The Labute approximate surface area is 127 Å². The molecule has 0 fully saturated rings. The van der Waals surface area contributed by atoms with Crippen molar-refractivity contribution in [1.29, 1.82) is 0 Å². The Morgan fingerprint density at radius 3 is 2.52 bits per heavy atom. The topological polar surface area (TPSA) is 58.6 Å². The maximum atomic E-state index is 11.8. The highest BCUT2D eigenvalue weighted by Gasteiger charge is 2.16. The molecule has 118 valence electrons. The minimum Gasteiger partial charge on any atom is -0.445 e. The fraction of sp³-hybridized carbons (Fsp3) is 0.588. The molecule has 0 aliphatic heterocycles. The number of aliphatic hydroxyl groups excluding tert-OH is 1. The number of benzene rings is 1. The number of nitrogens with one attached hydrogen (secondary N) is 1. The summed E-state index contributed by atoms with van der Waals surface area (Å²) >= 11 is 0. The Hall–Kier alpha value is -1.55. The van der Waals surface area contributed by atoms with Gasteiger partial charge in [-0.3, -0.25) is 0 Å². The highest BCUT2D eigenvalue weighted by Crippen LogP contribution is 2.12. The second-order valence-corrected chi connectivity index (χ2v) is 5.63. The summed E-state index contributed by atoms with van der Waals surface area (Å²) < 4.78 is 5.25. The average molecular weight is 293 g/mol. The van der Waals surface area contributed by atoms with E-state index in [1.54, 1.807) is 0 Å². The van der Waals surface area contributed by atoms with E-state index < -0.39 is 0 Å². The van der Waals surface area contributed by atoms with Crippen molar-refractivity contribution in [3.8, 4) is 0 Å². The quantitative estimate of drug-likeness (QED) is 0.685. The minimum absolute atomic E-state index is 0.118. The van der Waals surface area contributed by atoms with Crippen molar-refractivity contribution >= 4 is 6.09 Å². The summed E-state index contributed by atoms with van der Waals surface area (Å²) in [5.41, 5.74) is 0.983. The van der Waals surface area contributed by atoms with Crippen LogP contribution in [0.1, 0.15) is 45.1 Å². The van der Waals surface area contributed by atoms with Crippen LogP contribution in [0.3, 0.4) is 0 Å². The summed E-state index contributed by atoms with van der Waals surface area (Å²) in [6.45, 7) is 4.71. The standard InChI is InChI=1S/C17H27NO3/c1-14(2)16(11-7-4-8-12-19)18-17(20)21-13-15-9-5-3-6-10-15/h3,5-6,9-10,14,16,19H,4,7-8,11-13H2,1-2H3,(H,18,20). The van der Waals surface area contributed by atoms with Crippen LogP contribution in [-0.4, -0.2) is 23.8 Å². The van der Waals surface area contributed by atoms with Gasteiger partial charge >= 0.3 is 6.09 Å². The Kier molecular flexibility index (Phi) is 8.51. The zero-order valence-corrected chi connectivity index (χ0v) is 13.0. The zero-order valence-electron chi connectivity index (χ0n) is 13.0. The molecule has 0 heterocycles. The van der Waals surface area contributed by atoms with E-state index in [9.17, 15) is 4.79 Å². The molecule has 0 aliphatic rings. The van der Waals surface area contributed by atoms with E-state index in [-0.39, 0.29) is 18.7 Å². The molecule has 0 aromatic heterocycles. The van der Waals surface area contributed by atoms with E-state index in [2.05, 4.69) is 19.2 Å². The molecule has 4 heteroatoms. The smallest absolute Gasteiger partial charge is 0.407 e. The summed E-state index contributed by atoms with van der Waals surface area (Å²) in [5, 5.41) is 11.7. The van der Waals surface area contributed by atoms with Crippen LogP contribution in [0.15, 0.2) is 30.3 Å². The van der Waals surface area contributed by atoms with Gasteiger partial charge in [0.05, 0.1) is 0 Å². The van der Waals surface area contributed by atoms with Gasteiger partial charge < -0.3 is 15.2 Å². The first-order chi connectivity index (χ1) is 10.1. The van der Waals surface area contributed by atoms with Crippen LogP contribution in [0.4, 0.5) is 4.79 Å². The number of aliphatic hydroxyl groups is 1. The SMILES string of the molecule is CC(C)C(CCCCCO)NC(=O)OCc1ccccc1. The maximum Gasteiger partial charge on any atom is 0.407 e. The lowest BCUT2D eigenvalue weighted by molar-refractivity contribution is 0.131. The molecule has 1 unspecified atom stereocenters. The molecule has 1 rings (SSSR count). The van der Waals surface area contributed by atoms with Crippen molar-refractivity contribution in [1.82, 2.24) is 5.32 Å². The molecule has 1 amide bonds. The van der Waals surface area contributed by atoms with E-state index in [0.29, 0.717) is 12.5 Å². The molecule has 0 aliphatic carbocycles. The summed E-state index contributed by atoms with van der Waals surface area (Å²) in [6, 6.07) is 9.77. The molecule has 1 atom stereocenters. The van der Waals surface area contributed by atoms with Crippen molar-refractivity contribution in [2.45, 2.75) is 52.2 Å². The van der Waals surface area contributed by atoms with Gasteiger partial charge in [0.2, 0.25) is 0 Å². The highest BCUT2D eigenvalue weighted by atomic mass is 16.5. The third-order valence-corrected chi connectivity index (χ3v) is 3.49. The predicted octanol–water partition coefficient (Wildman–Crippen LogP) is 3.49. The van der Waals surface area contributed by atoms with E-state index in [0.717, 1.165) is 31.2 Å². The lowest BCUT2D eigenvalue weighted by Gasteiger charge is -2.22.